The van der Waals surface area contributed by atoms with Gasteiger partial charge in [-0.2, -0.15) is 0 Å². The Morgan fingerprint density at radius 1 is 1.67 bits per heavy atom. The van der Waals surface area contributed by atoms with Gasteiger partial charge in [-0.05, 0) is 24.5 Å². The maximum atomic E-state index is 11.6. The summed E-state index contributed by atoms with van der Waals surface area (Å²) >= 11 is 0. The zero-order chi connectivity index (χ0) is 10.7. The Morgan fingerprint density at radius 2 is 2.53 bits per heavy atom. The predicted octanol–water partition coefficient (Wildman–Crippen LogP) is 2.04. The Balaban J connectivity index is 2.00. The fraction of sp³-hybridized carbons (Fsp3) is 0.500. The summed E-state index contributed by atoms with van der Waals surface area (Å²) in [6, 6.07) is 0.285. The summed E-state index contributed by atoms with van der Waals surface area (Å²) in [5.74, 6) is -0.199. The largest absolute Gasteiger partial charge is 0.462 e. The summed E-state index contributed by atoms with van der Waals surface area (Å²) in [5, 5.41) is 0. The smallest absolute Gasteiger partial charge is 0.337 e. The van der Waals surface area contributed by atoms with E-state index in [0.717, 1.165) is 19.3 Å². The number of esters is 1. The van der Waals surface area contributed by atoms with Crippen LogP contribution in [0.1, 0.15) is 26.2 Å². The van der Waals surface area contributed by atoms with Crippen molar-refractivity contribution in [2.75, 3.05) is 6.61 Å². The molecule has 0 N–H and O–H groups in total. The molecule has 0 spiro atoms. The average Bonchev–Trinajstić information content (AvgIpc) is 2.72. The van der Waals surface area contributed by atoms with E-state index in [1.165, 1.54) is 5.57 Å². The van der Waals surface area contributed by atoms with Gasteiger partial charge in [-0.25, -0.2) is 4.79 Å². The molecule has 1 atom stereocenters. The van der Waals surface area contributed by atoms with E-state index in [4.69, 9.17) is 4.74 Å². The van der Waals surface area contributed by atoms with Crippen molar-refractivity contribution in [3.8, 4) is 0 Å². The Bertz CT molecular complexity index is 353. The van der Waals surface area contributed by atoms with Gasteiger partial charge in [0.15, 0.2) is 0 Å². The van der Waals surface area contributed by atoms with Crippen LogP contribution in [0.2, 0.25) is 0 Å². The molecule has 80 valence electrons. The quantitative estimate of drug-likeness (QED) is 0.661. The van der Waals surface area contributed by atoms with Gasteiger partial charge in [-0.1, -0.05) is 13.0 Å². The van der Waals surface area contributed by atoms with Crippen LogP contribution in [0.15, 0.2) is 28.3 Å². The summed E-state index contributed by atoms with van der Waals surface area (Å²) in [6.07, 6.45) is 8.35. The molecule has 3 heteroatoms. The first-order valence-corrected chi connectivity index (χ1v) is 5.40. The van der Waals surface area contributed by atoms with Crippen LogP contribution in [-0.2, 0) is 9.53 Å². The molecule has 1 heterocycles. The topological polar surface area (TPSA) is 38.7 Å². The molecule has 0 fully saturated rings. The maximum Gasteiger partial charge on any atom is 0.337 e. The van der Waals surface area contributed by atoms with Gasteiger partial charge >= 0.3 is 5.97 Å². The lowest BCUT2D eigenvalue weighted by Gasteiger charge is -2.14. The van der Waals surface area contributed by atoms with E-state index in [1.807, 2.05) is 25.3 Å². The van der Waals surface area contributed by atoms with Crippen LogP contribution in [0.5, 0.6) is 0 Å². The van der Waals surface area contributed by atoms with E-state index < -0.39 is 0 Å². The normalized spacial score (nSPS) is 23.1. The molecule has 0 radical (unpaired) electrons. The van der Waals surface area contributed by atoms with Gasteiger partial charge in [0.2, 0.25) is 0 Å². The molecule has 1 unspecified atom stereocenters. The van der Waals surface area contributed by atoms with E-state index in [9.17, 15) is 4.79 Å². The summed E-state index contributed by atoms with van der Waals surface area (Å²) in [7, 11) is 0. The molecule has 0 saturated carbocycles. The number of hydrogen-bond donors (Lipinski definition) is 0. The van der Waals surface area contributed by atoms with Crippen LogP contribution in [0.4, 0.5) is 0 Å². The Hall–Kier alpha value is -1.38. The Labute approximate surface area is 89.5 Å². The Kier molecular flexibility index (Phi) is 2.99. The lowest BCUT2D eigenvalue weighted by molar-refractivity contribution is -0.138. The molecule has 15 heavy (non-hydrogen) atoms. The van der Waals surface area contributed by atoms with Gasteiger partial charge < -0.3 is 4.74 Å². The lowest BCUT2D eigenvalue weighted by Crippen LogP contribution is -2.13. The van der Waals surface area contributed by atoms with Gasteiger partial charge in [0.05, 0.1) is 18.2 Å². The molecule has 1 aliphatic carbocycles. The van der Waals surface area contributed by atoms with Crippen molar-refractivity contribution in [1.29, 1.82) is 0 Å². The highest BCUT2D eigenvalue weighted by molar-refractivity contribution is 5.92. The molecular weight excluding hydrogens is 190 g/mol. The van der Waals surface area contributed by atoms with E-state index in [2.05, 4.69) is 4.99 Å². The van der Waals surface area contributed by atoms with Crippen LogP contribution in [-0.4, -0.2) is 24.8 Å². The minimum absolute atomic E-state index is 0.199. The third kappa shape index (κ3) is 2.17. The first kappa shape index (κ1) is 10.1. The monoisotopic (exact) mass is 205 g/mol. The van der Waals surface area contributed by atoms with Crippen molar-refractivity contribution in [3.05, 3.63) is 23.3 Å². The average molecular weight is 205 g/mol. The first-order valence-electron chi connectivity index (χ1n) is 5.40. The molecule has 0 saturated heterocycles. The molecule has 2 rings (SSSR count). The van der Waals surface area contributed by atoms with Crippen LogP contribution in [0.25, 0.3) is 0 Å². The summed E-state index contributed by atoms with van der Waals surface area (Å²) in [5.41, 5.74) is 1.93. The number of ether oxygens (including phenoxy) is 1. The highest BCUT2D eigenvalue weighted by atomic mass is 16.5. The number of fused-ring (bicyclic) bond motifs is 1. The highest BCUT2D eigenvalue weighted by Gasteiger charge is 2.22. The number of rotatable bonds is 3. The number of carbonyl (C=O) groups excluding carboxylic acids is 1. The zero-order valence-electron chi connectivity index (χ0n) is 8.90. The van der Waals surface area contributed by atoms with Crippen LogP contribution in [0, 0.1) is 0 Å². The number of nitrogens with zero attached hydrogens (tertiary/aromatic N) is 1. The molecule has 2 aliphatic rings. The minimum atomic E-state index is -0.199. The van der Waals surface area contributed by atoms with Crippen LogP contribution >= 0.6 is 0 Å². The van der Waals surface area contributed by atoms with Crippen LogP contribution < -0.4 is 0 Å². The van der Waals surface area contributed by atoms with Gasteiger partial charge in [0.25, 0.3) is 0 Å². The molecular formula is C12H15NO2. The summed E-state index contributed by atoms with van der Waals surface area (Å²) in [4.78, 5) is 15.9. The van der Waals surface area contributed by atoms with E-state index in [0.29, 0.717) is 12.2 Å². The van der Waals surface area contributed by atoms with Crippen LogP contribution in [0.3, 0.4) is 0 Å². The fourth-order valence-electron chi connectivity index (χ4n) is 1.80. The molecule has 0 aromatic rings. The SMILES string of the molecule is CCCOC(=O)C1=CCC2N=CCC2=C1. The third-order valence-corrected chi connectivity index (χ3v) is 2.62. The van der Waals surface area contributed by atoms with E-state index in [1.54, 1.807) is 0 Å². The second-order valence-electron chi connectivity index (χ2n) is 3.80. The summed E-state index contributed by atoms with van der Waals surface area (Å²) < 4.78 is 5.09. The molecule has 3 nitrogen and oxygen atoms in total. The van der Waals surface area contributed by atoms with Gasteiger partial charge in [0.1, 0.15) is 0 Å². The van der Waals surface area contributed by atoms with Gasteiger partial charge in [-0.3, -0.25) is 4.99 Å². The number of carbonyl (C=O) groups is 1. The fourth-order valence-corrected chi connectivity index (χ4v) is 1.80. The molecule has 0 bridgehead atoms. The lowest BCUT2D eigenvalue weighted by atomic mass is 9.95. The van der Waals surface area contributed by atoms with Crippen molar-refractivity contribution >= 4 is 12.2 Å². The number of aliphatic imine (C=N–C) groups is 1. The van der Waals surface area contributed by atoms with Gasteiger partial charge in [0, 0.05) is 12.6 Å². The minimum Gasteiger partial charge on any atom is -0.462 e. The van der Waals surface area contributed by atoms with Crippen molar-refractivity contribution in [2.45, 2.75) is 32.2 Å². The van der Waals surface area contributed by atoms with Crippen molar-refractivity contribution in [2.24, 2.45) is 4.99 Å². The molecule has 0 aromatic heterocycles. The van der Waals surface area contributed by atoms with E-state index in [-0.39, 0.29) is 12.0 Å². The standard InChI is InChI=1S/C12H15NO2/c1-2-7-15-12(14)10-3-4-11-9(8-10)5-6-13-11/h3,6,8,11H,2,4-5,7H2,1H3. The Morgan fingerprint density at radius 3 is 3.33 bits per heavy atom. The predicted molar refractivity (Wildman–Crippen MR) is 58.9 cm³/mol. The molecule has 0 aromatic carbocycles. The second kappa shape index (κ2) is 4.43. The van der Waals surface area contributed by atoms with Crippen molar-refractivity contribution < 1.29 is 9.53 Å². The van der Waals surface area contributed by atoms with Crippen molar-refractivity contribution in [1.82, 2.24) is 0 Å². The molecule has 1 aliphatic heterocycles. The first-order chi connectivity index (χ1) is 7.31. The zero-order valence-corrected chi connectivity index (χ0v) is 8.90. The summed E-state index contributed by atoms with van der Waals surface area (Å²) in [6.45, 7) is 2.49. The van der Waals surface area contributed by atoms with Gasteiger partial charge in [-0.15, -0.1) is 0 Å². The van der Waals surface area contributed by atoms with E-state index >= 15 is 0 Å². The van der Waals surface area contributed by atoms with Crippen molar-refractivity contribution in [3.63, 3.8) is 0 Å². The third-order valence-electron chi connectivity index (χ3n) is 2.62. The number of hydrogen-bond acceptors (Lipinski definition) is 3. The maximum absolute atomic E-state index is 11.6. The highest BCUT2D eigenvalue weighted by Crippen LogP contribution is 2.26. The molecule has 0 amide bonds. The second-order valence-corrected chi connectivity index (χ2v) is 3.80.